The minimum Gasteiger partial charge on any atom is -0.467 e. The minimum atomic E-state index is 0. The normalized spacial score (nSPS) is 12.2. The molecule has 1 rings (SSSR count). The number of guanidine groups is 1. The third kappa shape index (κ3) is 7.77. The standard InChI is InChI=1S/C15H27N3O.HI/c1-12(2)9-15(3,4)11-18-14(16-5)17-10-13-7-6-8-19-13;/h6-8,12H,9-11H2,1-5H3,(H2,16,17,18);1H. The maximum absolute atomic E-state index is 5.28. The Morgan fingerprint density at radius 3 is 2.55 bits per heavy atom. The molecule has 0 bridgehead atoms. The van der Waals surface area contributed by atoms with E-state index in [1.165, 1.54) is 6.42 Å². The molecule has 1 aromatic rings. The lowest BCUT2D eigenvalue weighted by atomic mass is 9.84. The first-order valence-corrected chi connectivity index (χ1v) is 6.90. The number of hydrogen-bond donors (Lipinski definition) is 2. The number of rotatable bonds is 6. The van der Waals surface area contributed by atoms with Gasteiger partial charge in [-0.05, 0) is 29.9 Å². The molecule has 0 amide bonds. The maximum atomic E-state index is 5.28. The Labute approximate surface area is 139 Å². The van der Waals surface area contributed by atoms with Gasteiger partial charge in [0.25, 0.3) is 0 Å². The van der Waals surface area contributed by atoms with E-state index >= 15 is 0 Å². The van der Waals surface area contributed by atoms with Crippen LogP contribution in [0, 0.1) is 11.3 Å². The summed E-state index contributed by atoms with van der Waals surface area (Å²) in [6.45, 7) is 10.6. The summed E-state index contributed by atoms with van der Waals surface area (Å²) < 4.78 is 5.28. The Morgan fingerprint density at radius 2 is 2.05 bits per heavy atom. The second kappa shape index (κ2) is 9.26. The average Bonchev–Trinajstić information content (AvgIpc) is 2.80. The molecule has 0 spiro atoms. The van der Waals surface area contributed by atoms with E-state index in [0.717, 1.165) is 18.3 Å². The van der Waals surface area contributed by atoms with Crippen LogP contribution in [0.15, 0.2) is 27.8 Å². The lowest BCUT2D eigenvalue weighted by molar-refractivity contribution is 0.286. The van der Waals surface area contributed by atoms with Gasteiger partial charge in [-0.2, -0.15) is 0 Å². The Balaban J connectivity index is 0.00000361. The number of aliphatic imine (C=N–C) groups is 1. The summed E-state index contributed by atoms with van der Waals surface area (Å²) >= 11 is 0. The Bertz CT molecular complexity index is 386. The predicted octanol–water partition coefficient (Wildman–Crippen LogP) is 3.63. The lowest BCUT2D eigenvalue weighted by Crippen LogP contribution is -2.42. The molecular weight excluding hydrogens is 365 g/mol. The molecule has 0 aliphatic rings. The number of halogens is 1. The van der Waals surface area contributed by atoms with E-state index in [0.29, 0.717) is 12.5 Å². The van der Waals surface area contributed by atoms with Gasteiger partial charge in [-0.15, -0.1) is 24.0 Å². The van der Waals surface area contributed by atoms with Gasteiger partial charge in [0.05, 0.1) is 12.8 Å². The monoisotopic (exact) mass is 393 g/mol. The smallest absolute Gasteiger partial charge is 0.191 e. The largest absolute Gasteiger partial charge is 0.467 e. The summed E-state index contributed by atoms with van der Waals surface area (Å²) in [5, 5.41) is 6.62. The van der Waals surface area contributed by atoms with Crippen LogP contribution in [-0.2, 0) is 6.54 Å². The van der Waals surface area contributed by atoms with Crippen LogP contribution in [0.3, 0.4) is 0 Å². The topological polar surface area (TPSA) is 49.6 Å². The fourth-order valence-corrected chi connectivity index (χ4v) is 2.30. The summed E-state index contributed by atoms with van der Waals surface area (Å²) in [6, 6.07) is 3.84. The molecule has 4 nitrogen and oxygen atoms in total. The zero-order chi connectivity index (χ0) is 14.3. The van der Waals surface area contributed by atoms with Crippen molar-refractivity contribution in [2.45, 2.75) is 40.7 Å². The molecule has 0 unspecified atom stereocenters. The summed E-state index contributed by atoms with van der Waals surface area (Å²) in [6.07, 6.45) is 2.87. The van der Waals surface area contributed by atoms with Crippen LogP contribution in [-0.4, -0.2) is 19.6 Å². The van der Waals surface area contributed by atoms with Crippen LogP contribution < -0.4 is 10.6 Å². The zero-order valence-electron chi connectivity index (χ0n) is 13.2. The highest BCUT2D eigenvalue weighted by molar-refractivity contribution is 14.0. The number of hydrogen-bond acceptors (Lipinski definition) is 2. The van der Waals surface area contributed by atoms with Gasteiger partial charge in [-0.25, -0.2) is 0 Å². The van der Waals surface area contributed by atoms with Crippen LogP contribution in [0.5, 0.6) is 0 Å². The second-order valence-corrected chi connectivity index (χ2v) is 6.12. The third-order valence-electron chi connectivity index (χ3n) is 2.93. The Morgan fingerprint density at radius 1 is 1.35 bits per heavy atom. The highest BCUT2D eigenvalue weighted by atomic mass is 127. The zero-order valence-corrected chi connectivity index (χ0v) is 15.5. The van der Waals surface area contributed by atoms with Crippen molar-refractivity contribution < 1.29 is 4.42 Å². The van der Waals surface area contributed by atoms with E-state index in [2.05, 4.69) is 43.3 Å². The molecule has 0 radical (unpaired) electrons. The molecular formula is C15H28IN3O. The highest BCUT2D eigenvalue weighted by Crippen LogP contribution is 2.23. The molecule has 20 heavy (non-hydrogen) atoms. The fraction of sp³-hybridized carbons (Fsp3) is 0.667. The van der Waals surface area contributed by atoms with Gasteiger partial charge in [-0.3, -0.25) is 4.99 Å². The summed E-state index contributed by atoms with van der Waals surface area (Å²) in [4.78, 5) is 4.22. The van der Waals surface area contributed by atoms with Gasteiger partial charge in [0.1, 0.15) is 5.76 Å². The number of furan rings is 1. The van der Waals surface area contributed by atoms with E-state index in [4.69, 9.17) is 4.42 Å². The molecule has 0 aliphatic heterocycles. The van der Waals surface area contributed by atoms with Gasteiger partial charge < -0.3 is 15.1 Å². The van der Waals surface area contributed by atoms with Crippen molar-refractivity contribution in [3.05, 3.63) is 24.2 Å². The molecule has 1 aromatic heterocycles. The Hall–Kier alpha value is -0.720. The average molecular weight is 393 g/mol. The number of nitrogens with one attached hydrogen (secondary N) is 2. The van der Waals surface area contributed by atoms with Crippen molar-refractivity contribution in [3.8, 4) is 0 Å². The first kappa shape index (κ1) is 19.3. The molecule has 0 atom stereocenters. The van der Waals surface area contributed by atoms with Crippen molar-refractivity contribution in [3.63, 3.8) is 0 Å². The molecule has 5 heteroatoms. The Kier molecular flexibility index (Phi) is 8.93. The van der Waals surface area contributed by atoms with Crippen molar-refractivity contribution in [2.75, 3.05) is 13.6 Å². The van der Waals surface area contributed by atoms with Crippen LogP contribution >= 0.6 is 24.0 Å². The van der Waals surface area contributed by atoms with E-state index in [-0.39, 0.29) is 29.4 Å². The van der Waals surface area contributed by atoms with Gasteiger partial charge in [0.2, 0.25) is 0 Å². The fourth-order valence-electron chi connectivity index (χ4n) is 2.30. The predicted molar refractivity (Wildman–Crippen MR) is 95.6 cm³/mol. The summed E-state index contributed by atoms with van der Waals surface area (Å²) in [5.41, 5.74) is 0.260. The molecule has 0 aromatic carbocycles. The van der Waals surface area contributed by atoms with E-state index < -0.39 is 0 Å². The van der Waals surface area contributed by atoms with Crippen LogP contribution in [0.1, 0.15) is 39.9 Å². The van der Waals surface area contributed by atoms with Crippen molar-refractivity contribution in [2.24, 2.45) is 16.3 Å². The van der Waals surface area contributed by atoms with E-state index in [9.17, 15) is 0 Å². The lowest BCUT2D eigenvalue weighted by Gasteiger charge is -2.27. The van der Waals surface area contributed by atoms with Gasteiger partial charge in [0.15, 0.2) is 5.96 Å². The van der Waals surface area contributed by atoms with Crippen molar-refractivity contribution >= 4 is 29.9 Å². The van der Waals surface area contributed by atoms with Crippen LogP contribution in [0.2, 0.25) is 0 Å². The highest BCUT2D eigenvalue weighted by Gasteiger charge is 2.19. The molecule has 116 valence electrons. The number of nitrogens with zero attached hydrogens (tertiary/aromatic N) is 1. The van der Waals surface area contributed by atoms with Gasteiger partial charge in [0, 0.05) is 13.6 Å². The minimum absolute atomic E-state index is 0. The maximum Gasteiger partial charge on any atom is 0.191 e. The molecule has 0 saturated heterocycles. The molecule has 0 saturated carbocycles. The van der Waals surface area contributed by atoms with Gasteiger partial charge in [-0.1, -0.05) is 27.7 Å². The molecule has 0 fully saturated rings. The van der Waals surface area contributed by atoms with Crippen LogP contribution in [0.4, 0.5) is 0 Å². The van der Waals surface area contributed by atoms with E-state index in [1.54, 1.807) is 13.3 Å². The summed E-state index contributed by atoms with van der Waals surface area (Å²) in [5.74, 6) is 2.42. The SMILES string of the molecule is CN=C(NCc1ccco1)NCC(C)(C)CC(C)C.I. The first-order chi connectivity index (χ1) is 8.93. The summed E-state index contributed by atoms with van der Waals surface area (Å²) in [7, 11) is 1.78. The van der Waals surface area contributed by atoms with Crippen LogP contribution in [0.25, 0.3) is 0 Å². The molecule has 1 heterocycles. The van der Waals surface area contributed by atoms with Crippen molar-refractivity contribution in [1.29, 1.82) is 0 Å². The van der Waals surface area contributed by atoms with Crippen molar-refractivity contribution in [1.82, 2.24) is 10.6 Å². The quantitative estimate of drug-likeness (QED) is 0.441. The molecule has 0 aliphatic carbocycles. The second-order valence-electron chi connectivity index (χ2n) is 6.12. The third-order valence-corrected chi connectivity index (χ3v) is 2.93. The first-order valence-electron chi connectivity index (χ1n) is 6.90. The van der Waals surface area contributed by atoms with E-state index in [1.807, 2.05) is 12.1 Å². The van der Waals surface area contributed by atoms with Gasteiger partial charge >= 0.3 is 0 Å². The molecule has 2 N–H and O–H groups in total.